The van der Waals surface area contributed by atoms with E-state index in [9.17, 15) is 13.0 Å². The molecule has 2 aliphatic rings. The van der Waals surface area contributed by atoms with Gasteiger partial charge < -0.3 is 0 Å². The lowest BCUT2D eigenvalue weighted by molar-refractivity contribution is 0.483. The van der Waals surface area contributed by atoms with Crippen LogP contribution < -0.4 is 0 Å². The molecular formula is C12H11O3PS. The first-order valence-electron chi connectivity index (χ1n) is 5.28. The molecule has 1 N–H and O–H groups in total. The van der Waals surface area contributed by atoms with Gasteiger partial charge in [0.05, 0.1) is 0 Å². The van der Waals surface area contributed by atoms with Crippen LogP contribution in [0.15, 0.2) is 46.9 Å². The Kier molecular flexibility index (Phi) is 2.47. The Morgan fingerprint density at radius 2 is 2.00 bits per heavy atom. The molecule has 0 aromatic heterocycles. The summed E-state index contributed by atoms with van der Waals surface area (Å²) in [6, 6.07) is 6.68. The van der Waals surface area contributed by atoms with Gasteiger partial charge in [0.2, 0.25) is 0 Å². The number of benzene rings is 1. The first-order valence-corrected chi connectivity index (χ1v) is 8.43. The fourth-order valence-corrected chi connectivity index (χ4v) is 5.56. The van der Waals surface area contributed by atoms with Crippen LogP contribution in [-0.2, 0) is 10.1 Å². The molecule has 3 rings (SSSR count). The van der Waals surface area contributed by atoms with E-state index in [1.165, 1.54) is 11.6 Å². The molecule has 0 spiro atoms. The summed E-state index contributed by atoms with van der Waals surface area (Å²) in [5, 5.41) is 1.10. The molecule has 0 radical (unpaired) electrons. The van der Waals surface area contributed by atoms with E-state index < -0.39 is 10.1 Å². The van der Waals surface area contributed by atoms with Crippen LogP contribution in [0.25, 0.3) is 5.31 Å². The Bertz CT molecular complexity index is 643. The molecule has 88 valence electrons. The van der Waals surface area contributed by atoms with E-state index in [1.54, 1.807) is 12.1 Å². The standard InChI is InChI=1S/C12H11O3PS/c13-17(14,15)12-4-2-1-3-10(12)11-7-9-5-6-16(11)8-9/h1-5,7H,6,8H2,(H,13,14,15). The first-order chi connectivity index (χ1) is 8.05. The topological polar surface area (TPSA) is 54.4 Å². The van der Waals surface area contributed by atoms with Crippen molar-refractivity contribution in [2.75, 3.05) is 12.3 Å². The van der Waals surface area contributed by atoms with Gasteiger partial charge in [-0.15, -0.1) is 0 Å². The smallest absolute Gasteiger partial charge is 0.282 e. The van der Waals surface area contributed by atoms with Crippen molar-refractivity contribution in [2.45, 2.75) is 4.90 Å². The normalized spacial score (nSPS) is 22.5. The molecule has 3 nitrogen and oxygen atoms in total. The van der Waals surface area contributed by atoms with Gasteiger partial charge in [0.15, 0.2) is 0 Å². The minimum atomic E-state index is -4.14. The fourth-order valence-electron chi connectivity index (χ4n) is 2.28. The van der Waals surface area contributed by atoms with Crippen LogP contribution in [0.4, 0.5) is 0 Å². The zero-order valence-corrected chi connectivity index (χ0v) is 10.7. The van der Waals surface area contributed by atoms with Gasteiger partial charge >= 0.3 is 0 Å². The van der Waals surface area contributed by atoms with Crippen LogP contribution in [0.5, 0.6) is 0 Å². The van der Waals surface area contributed by atoms with E-state index in [0.717, 1.165) is 17.6 Å². The SMILES string of the molecule is O=S(=O)(O)c1ccccc1C1=CC2=CCP1C2. The van der Waals surface area contributed by atoms with Gasteiger partial charge in [0, 0.05) is 5.56 Å². The second-order valence-corrected chi connectivity index (χ2v) is 7.79. The second kappa shape index (κ2) is 3.77. The van der Waals surface area contributed by atoms with Gasteiger partial charge in [-0.05, 0) is 29.3 Å². The molecule has 0 saturated carbocycles. The number of hydrogen-bond acceptors (Lipinski definition) is 2. The molecule has 2 heterocycles. The third-order valence-electron chi connectivity index (χ3n) is 3.05. The average Bonchev–Trinajstić information content (AvgIpc) is 2.89. The van der Waals surface area contributed by atoms with Crippen LogP contribution in [0, 0.1) is 0 Å². The Labute approximate surface area is 101 Å². The summed E-state index contributed by atoms with van der Waals surface area (Å²) < 4.78 is 31.9. The van der Waals surface area contributed by atoms with E-state index in [4.69, 9.17) is 0 Å². The number of fused-ring (bicyclic) bond motifs is 2. The van der Waals surface area contributed by atoms with Gasteiger partial charge in [-0.25, -0.2) is 0 Å². The van der Waals surface area contributed by atoms with Crippen molar-refractivity contribution in [1.29, 1.82) is 0 Å². The zero-order valence-electron chi connectivity index (χ0n) is 9.00. The molecule has 0 saturated heterocycles. The Morgan fingerprint density at radius 1 is 1.24 bits per heavy atom. The number of rotatable bonds is 2. The predicted molar refractivity (Wildman–Crippen MR) is 69.0 cm³/mol. The van der Waals surface area contributed by atoms with Crippen LogP contribution in [0.1, 0.15) is 5.56 Å². The Morgan fingerprint density at radius 3 is 2.59 bits per heavy atom. The molecule has 1 aromatic carbocycles. The largest absolute Gasteiger partial charge is 0.295 e. The van der Waals surface area contributed by atoms with E-state index in [2.05, 4.69) is 12.2 Å². The quantitative estimate of drug-likeness (QED) is 0.661. The van der Waals surface area contributed by atoms with Crippen LogP contribution in [0.2, 0.25) is 0 Å². The summed E-state index contributed by atoms with van der Waals surface area (Å²) >= 11 is 0. The molecule has 2 bridgehead atoms. The third-order valence-corrected chi connectivity index (χ3v) is 6.38. The first kappa shape index (κ1) is 11.1. The van der Waals surface area contributed by atoms with Crippen molar-refractivity contribution in [3.8, 4) is 0 Å². The Hall–Kier alpha value is -0.960. The summed E-state index contributed by atoms with van der Waals surface area (Å²) in [4.78, 5) is 0.0295. The highest BCUT2D eigenvalue weighted by molar-refractivity contribution is 7.86. The molecule has 17 heavy (non-hydrogen) atoms. The van der Waals surface area contributed by atoms with Crippen LogP contribution >= 0.6 is 7.92 Å². The van der Waals surface area contributed by atoms with Gasteiger partial charge in [0.25, 0.3) is 10.1 Å². The fraction of sp³-hybridized carbons (Fsp3) is 0.167. The second-order valence-electron chi connectivity index (χ2n) is 4.16. The maximum atomic E-state index is 11.3. The van der Waals surface area contributed by atoms with Crippen molar-refractivity contribution in [3.63, 3.8) is 0 Å². The molecule has 0 fully saturated rings. The van der Waals surface area contributed by atoms with Crippen LogP contribution in [-0.4, -0.2) is 25.3 Å². The molecule has 5 heteroatoms. The molecular weight excluding hydrogens is 255 g/mol. The minimum absolute atomic E-state index is 0.0295. The summed E-state index contributed by atoms with van der Waals surface area (Å²) in [6.45, 7) is 0. The molecule has 0 aliphatic carbocycles. The van der Waals surface area contributed by atoms with Gasteiger partial charge in [-0.2, -0.15) is 8.42 Å². The van der Waals surface area contributed by atoms with Crippen molar-refractivity contribution in [3.05, 3.63) is 47.6 Å². The maximum Gasteiger partial charge on any atom is 0.295 e. The Balaban J connectivity index is 2.17. The van der Waals surface area contributed by atoms with Crippen molar-refractivity contribution in [2.24, 2.45) is 0 Å². The van der Waals surface area contributed by atoms with E-state index in [-0.39, 0.29) is 12.8 Å². The maximum absolute atomic E-state index is 11.3. The lowest BCUT2D eigenvalue weighted by Gasteiger charge is -2.14. The van der Waals surface area contributed by atoms with Crippen molar-refractivity contribution in [1.82, 2.24) is 0 Å². The van der Waals surface area contributed by atoms with E-state index >= 15 is 0 Å². The molecule has 0 amide bonds. The lowest BCUT2D eigenvalue weighted by atomic mass is 10.1. The van der Waals surface area contributed by atoms with Gasteiger partial charge in [-0.1, -0.05) is 38.3 Å². The summed E-state index contributed by atoms with van der Waals surface area (Å²) in [7, 11) is -4.42. The highest BCUT2D eigenvalue weighted by Crippen LogP contribution is 2.61. The molecule has 1 atom stereocenters. The van der Waals surface area contributed by atoms with Gasteiger partial charge in [0.1, 0.15) is 4.90 Å². The van der Waals surface area contributed by atoms with Crippen molar-refractivity contribution >= 4 is 23.4 Å². The highest BCUT2D eigenvalue weighted by atomic mass is 32.2. The predicted octanol–water partition coefficient (Wildman–Crippen LogP) is 2.71. The number of allylic oxidation sites excluding steroid dienone is 3. The average molecular weight is 266 g/mol. The number of hydrogen-bond donors (Lipinski definition) is 1. The summed E-state index contributed by atoms with van der Waals surface area (Å²) in [5.41, 5.74) is 1.97. The lowest BCUT2D eigenvalue weighted by Crippen LogP contribution is -2.02. The van der Waals surface area contributed by atoms with Crippen molar-refractivity contribution < 1.29 is 13.0 Å². The minimum Gasteiger partial charge on any atom is -0.282 e. The molecule has 1 unspecified atom stereocenters. The van der Waals surface area contributed by atoms with E-state index in [1.807, 2.05) is 6.07 Å². The van der Waals surface area contributed by atoms with E-state index in [0.29, 0.717) is 5.56 Å². The summed E-state index contributed by atoms with van der Waals surface area (Å²) in [5.74, 6) is 0. The highest BCUT2D eigenvalue weighted by Gasteiger charge is 2.29. The third kappa shape index (κ3) is 1.86. The van der Waals surface area contributed by atoms with Gasteiger partial charge in [-0.3, -0.25) is 4.55 Å². The zero-order chi connectivity index (χ0) is 12.0. The molecule has 1 aromatic rings. The monoisotopic (exact) mass is 266 g/mol. The van der Waals surface area contributed by atoms with Crippen LogP contribution in [0.3, 0.4) is 0 Å². The molecule has 2 aliphatic heterocycles. The summed E-state index contributed by atoms with van der Waals surface area (Å²) in [6.07, 6.45) is 6.38.